The average Bonchev–Trinajstić information content (AvgIpc) is 3.31. The van der Waals surface area contributed by atoms with E-state index in [1.807, 2.05) is 24.3 Å². The van der Waals surface area contributed by atoms with Gasteiger partial charge in [0, 0.05) is 104 Å². The van der Waals surface area contributed by atoms with E-state index in [0.717, 1.165) is 36.8 Å². The fourth-order valence-corrected chi connectivity index (χ4v) is 13.8. The molecule has 1 fully saturated rings. The molecule has 1 atom stereocenters. The molecule has 1 unspecified atom stereocenters. The predicted octanol–water partition coefficient (Wildman–Crippen LogP) is 2.56. The minimum atomic E-state index is -1.78. The summed E-state index contributed by atoms with van der Waals surface area (Å²) in [4.78, 5) is 54.2. The monoisotopic (exact) mass is 1210 g/mol. The molecule has 0 saturated carbocycles. The van der Waals surface area contributed by atoms with Crippen LogP contribution in [-0.2, 0) is 25.6 Å². The van der Waals surface area contributed by atoms with Crippen molar-refractivity contribution in [2.75, 3.05) is 90.0 Å². The number of carboxylic acid groups (broad SMARTS) is 4. The second-order valence-electron chi connectivity index (χ2n) is 17.6. The molecule has 1 aliphatic heterocycles. The average molecular weight is 1210 g/mol. The molecule has 4 aromatic carbocycles. The molecule has 0 aromatic heterocycles. The van der Waals surface area contributed by atoms with Gasteiger partial charge in [-0.3, -0.25) is 38.8 Å². The molecule has 0 spiro atoms. The first kappa shape index (κ1) is 60.8. The molecule has 0 amide bonds. The number of halogens is 1. The third kappa shape index (κ3) is 21.3. The largest absolute Gasteiger partial charge is 1.00 e. The maximum absolute atomic E-state index is 12.1. The van der Waals surface area contributed by atoms with Crippen LogP contribution in [0.5, 0.6) is 0 Å². The molecule has 0 radical (unpaired) electrons. The molecule has 0 bridgehead atoms. The molecule has 14 nitrogen and oxygen atoms in total. The molecule has 1 heterocycles. The summed E-state index contributed by atoms with van der Waals surface area (Å²) in [6.07, 6.45) is 11.0. The van der Waals surface area contributed by atoms with Crippen molar-refractivity contribution in [2.45, 2.75) is 63.8 Å². The van der Waals surface area contributed by atoms with Gasteiger partial charge in [-0.05, 0) is 92.0 Å². The fraction of sp³-hybridized carbons (Fsp3) is 0.442. The van der Waals surface area contributed by atoms with E-state index in [4.69, 9.17) is 12.2 Å². The zero-order chi connectivity index (χ0) is 48.6. The van der Waals surface area contributed by atoms with E-state index < -0.39 is 37.2 Å². The SMILES string of the molecule is O=C(O)CN1CCN(CC(=O)O)CCN(CC(=O)O)C(Cc2ccc(NC(=S)NCCCCCCCCCC[P+](c3ccccc3)(c3ccccc3)c3ccccc3)cc2)CN(CC(=O)O)CC1.[Br-].[Gd]. The predicted molar refractivity (Wildman–Crippen MR) is 277 cm³/mol. The summed E-state index contributed by atoms with van der Waals surface area (Å²) in [5.41, 5.74) is 1.69. The minimum absolute atomic E-state index is 0. The van der Waals surface area contributed by atoms with Gasteiger partial charge in [0.05, 0.1) is 32.3 Å². The maximum Gasteiger partial charge on any atom is 0.317 e. The summed E-state index contributed by atoms with van der Waals surface area (Å²) in [5.74, 6) is -4.19. The first-order chi connectivity index (χ1) is 32.9. The number of hydrogen-bond donors (Lipinski definition) is 6. The summed E-state index contributed by atoms with van der Waals surface area (Å²) in [5, 5.41) is 50.2. The Morgan fingerprint density at radius 3 is 1.39 bits per heavy atom. The topological polar surface area (TPSA) is 186 Å². The van der Waals surface area contributed by atoms with Crippen molar-refractivity contribution in [1.29, 1.82) is 0 Å². The van der Waals surface area contributed by atoms with Crippen LogP contribution in [-0.4, -0.2) is 160 Å². The van der Waals surface area contributed by atoms with E-state index in [-0.39, 0.29) is 129 Å². The van der Waals surface area contributed by atoms with Crippen molar-refractivity contribution in [3.05, 3.63) is 121 Å². The number of benzene rings is 4. The minimum Gasteiger partial charge on any atom is -1.00 e. The van der Waals surface area contributed by atoms with Crippen molar-refractivity contribution in [3.63, 3.8) is 0 Å². The molecule has 0 aliphatic carbocycles. The summed E-state index contributed by atoms with van der Waals surface area (Å²) in [7, 11) is -1.78. The van der Waals surface area contributed by atoms with Crippen molar-refractivity contribution in [3.8, 4) is 0 Å². The number of nitrogens with zero attached hydrogens (tertiary/aromatic N) is 4. The summed E-state index contributed by atoms with van der Waals surface area (Å²) in [6.45, 7) is 1.20. The fourth-order valence-electron chi connectivity index (χ4n) is 9.15. The summed E-state index contributed by atoms with van der Waals surface area (Å²) in [6, 6.07) is 40.5. The van der Waals surface area contributed by atoms with Crippen LogP contribution in [0.2, 0.25) is 0 Å². The zero-order valence-electron chi connectivity index (χ0n) is 39.9. The first-order valence-corrected chi connectivity index (χ1v) is 26.3. The number of nitrogens with one attached hydrogen (secondary N) is 2. The van der Waals surface area contributed by atoms with Crippen molar-refractivity contribution >= 4 is 70.1 Å². The smallest absolute Gasteiger partial charge is 0.317 e. The van der Waals surface area contributed by atoms with Gasteiger partial charge in [-0.15, -0.1) is 0 Å². The van der Waals surface area contributed by atoms with E-state index in [1.165, 1.54) is 54.4 Å². The number of hydrogen-bond acceptors (Lipinski definition) is 9. The number of carboxylic acids is 4. The second-order valence-corrected chi connectivity index (χ2v) is 21.7. The Hall–Kier alpha value is -3.48. The van der Waals surface area contributed by atoms with E-state index in [2.05, 4.69) is 102 Å². The van der Waals surface area contributed by atoms with Gasteiger partial charge < -0.3 is 48.0 Å². The van der Waals surface area contributed by atoms with Gasteiger partial charge in [0.1, 0.15) is 23.2 Å². The van der Waals surface area contributed by atoms with Gasteiger partial charge in [-0.25, -0.2) is 0 Å². The number of rotatable bonds is 25. The maximum atomic E-state index is 12.1. The number of carbonyl (C=O) groups is 4. The van der Waals surface area contributed by atoms with Gasteiger partial charge in [0.2, 0.25) is 0 Å². The molecule has 4 aromatic rings. The molecule has 6 N–H and O–H groups in total. The van der Waals surface area contributed by atoms with Crippen molar-refractivity contribution < 1.29 is 96.5 Å². The van der Waals surface area contributed by atoms with Crippen LogP contribution in [0.4, 0.5) is 5.69 Å². The Labute approximate surface area is 462 Å². The van der Waals surface area contributed by atoms with Crippen molar-refractivity contribution in [2.24, 2.45) is 0 Å². The molecule has 1 saturated heterocycles. The van der Waals surface area contributed by atoms with Gasteiger partial charge in [-0.1, -0.05) is 98.8 Å². The number of thiocarbonyl (C=S) groups is 1. The van der Waals surface area contributed by atoms with Crippen LogP contribution in [0.25, 0.3) is 0 Å². The standard InChI is InChI=1S/C52H69N6O8PS.BrH.Gd/c59-48(60)38-55-29-30-56(39-49(61)62)33-34-58(41-51(65)66)44(37-57(32-31-55)40-50(63)64)36-42-24-26-43(27-25-42)54-52(68)53-28-16-5-3-1-2-4-6-17-35-67(45-18-10-7-11-19-45,46-20-12-8-13-21-46)47-22-14-9-15-23-47;;/h7-15,18-27,44H,1-6,16-17,28-41H2,(H5-,53,54,59,60,61,62,63,64,65,66,68);1H;. The molecule has 5 rings (SSSR count). The van der Waals surface area contributed by atoms with E-state index >= 15 is 0 Å². The summed E-state index contributed by atoms with van der Waals surface area (Å²) < 4.78 is 0. The van der Waals surface area contributed by atoms with Crippen LogP contribution in [0.3, 0.4) is 0 Å². The Bertz CT molecular complexity index is 2080. The molecule has 382 valence electrons. The van der Waals surface area contributed by atoms with Gasteiger partial charge >= 0.3 is 23.9 Å². The molecular formula is C52H70BrGdN6O8PS. The van der Waals surface area contributed by atoms with Gasteiger partial charge in [0.25, 0.3) is 0 Å². The Balaban J connectivity index is 0.00000648. The molecule has 1 aliphatic rings. The number of aliphatic carboxylic acids is 4. The Kier molecular flexibility index (Phi) is 28.9. The van der Waals surface area contributed by atoms with Crippen LogP contribution in [0.15, 0.2) is 115 Å². The van der Waals surface area contributed by atoms with E-state index in [9.17, 15) is 39.6 Å². The van der Waals surface area contributed by atoms with E-state index in [1.54, 1.807) is 19.6 Å². The number of anilines is 1. The van der Waals surface area contributed by atoms with Crippen LogP contribution in [0, 0.1) is 39.9 Å². The quantitative estimate of drug-likeness (QED) is 0.0323. The molecule has 18 heteroatoms. The molecule has 70 heavy (non-hydrogen) atoms. The normalized spacial score (nSPS) is 15.5. The van der Waals surface area contributed by atoms with Crippen molar-refractivity contribution in [1.82, 2.24) is 24.9 Å². The first-order valence-electron chi connectivity index (χ1n) is 23.9. The van der Waals surface area contributed by atoms with Crippen LogP contribution in [0.1, 0.15) is 56.9 Å². The second kappa shape index (κ2) is 33.3. The Morgan fingerprint density at radius 2 is 0.929 bits per heavy atom. The Morgan fingerprint density at radius 1 is 0.529 bits per heavy atom. The third-order valence-electron chi connectivity index (χ3n) is 12.5. The number of unbranched alkanes of at least 4 members (excludes halogenated alkanes) is 7. The van der Waals surface area contributed by atoms with Gasteiger partial charge in [-0.2, -0.15) is 0 Å². The van der Waals surface area contributed by atoms with Crippen LogP contribution < -0.4 is 43.5 Å². The molecular weight excluding hydrogens is 1140 g/mol. The summed E-state index contributed by atoms with van der Waals surface area (Å²) >= 11 is 5.61. The zero-order valence-corrected chi connectivity index (χ0v) is 45.5. The van der Waals surface area contributed by atoms with Gasteiger partial charge in [0.15, 0.2) is 5.11 Å². The third-order valence-corrected chi connectivity index (χ3v) is 17.3. The van der Waals surface area contributed by atoms with E-state index in [0.29, 0.717) is 11.5 Å². The van der Waals surface area contributed by atoms with Crippen LogP contribution >= 0.6 is 19.5 Å².